The molecule has 2 spiro atoms. The van der Waals surface area contributed by atoms with Crippen LogP contribution < -0.4 is 10.4 Å². The molecule has 0 heteroatoms. The van der Waals surface area contributed by atoms with Crippen molar-refractivity contribution in [2.24, 2.45) is 11.3 Å². The Hall–Kier alpha value is -3.12. The molecule has 0 N–H and O–H groups in total. The lowest BCUT2D eigenvalue weighted by Crippen LogP contribution is -2.57. The summed E-state index contributed by atoms with van der Waals surface area (Å²) in [6, 6.07) is 2.49. The minimum atomic E-state index is -0.131. The largest absolute Gasteiger partial charge is 0.0801 e. The molecule has 6 aliphatic rings. The van der Waals surface area contributed by atoms with Gasteiger partial charge >= 0.3 is 0 Å². The minimum absolute atomic E-state index is 0.0757. The SMILES string of the molecule is C1=CCc2cc3c4c(c2=C1)=CC=CC41C=CC=CC12C=CC=C1C=CC=C3C12. The second-order valence-electron chi connectivity index (χ2n) is 8.57. The highest BCUT2D eigenvalue weighted by molar-refractivity contribution is 5.86. The highest BCUT2D eigenvalue weighted by atomic mass is 14.6. The number of hydrogen-bond donors (Lipinski definition) is 0. The van der Waals surface area contributed by atoms with Gasteiger partial charge in [-0.15, -0.1) is 0 Å². The number of hydrogen-bond acceptors (Lipinski definition) is 0. The quantitative estimate of drug-likeness (QED) is 0.648. The second kappa shape index (κ2) is 4.83. The van der Waals surface area contributed by atoms with Crippen molar-refractivity contribution in [1.82, 2.24) is 0 Å². The van der Waals surface area contributed by atoms with Gasteiger partial charge in [0, 0.05) is 16.7 Å². The Balaban J connectivity index is 1.74. The molecule has 0 bridgehead atoms. The highest BCUT2D eigenvalue weighted by Crippen LogP contribution is 2.64. The fraction of sp³-hybridized carbons (Fsp3) is 0.143. The molecular weight excluding hydrogens is 336 g/mol. The van der Waals surface area contributed by atoms with Gasteiger partial charge in [0.25, 0.3) is 0 Å². The van der Waals surface area contributed by atoms with E-state index in [0.29, 0.717) is 5.92 Å². The first-order valence-electron chi connectivity index (χ1n) is 10.2. The average Bonchev–Trinajstić information content (AvgIpc) is 2.75. The van der Waals surface area contributed by atoms with Crippen molar-refractivity contribution in [1.29, 1.82) is 0 Å². The van der Waals surface area contributed by atoms with Crippen LogP contribution in [0.2, 0.25) is 0 Å². The van der Waals surface area contributed by atoms with Crippen molar-refractivity contribution in [2.45, 2.75) is 11.8 Å². The lowest BCUT2D eigenvalue weighted by Gasteiger charge is -2.58. The fourth-order valence-corrected chi connectivity index (χ4v) is 6.44. The van der Waals surface area contributed by atoms with Crippen LogP contribution in [-0.4, -0.2) is 0 Å². The molecule has 28 heavy (non-hydrogen) atoms. The summed E-state index contributed by atoms with van der Waals surface area (Å²) in [5.74, 6) is 0.368. The molecule has 0 heterocycles. The van der Waals surface area contributed by atoms with Gasteiger partial charge in [-0.2, -0.15) is 0 Å². The molecule has 0 nitrogen and oxygen atoms in total. The van der Waals surface area contributed by atoms with E-state index in [1.165, 1.54) is 38.3 Å². The number of fused-ring (bicyclic) bond motifs is 3. The summed E-state index contributed by atoms with van der Waals surface area (Å²) >= 11 is 0. The second-order valence-corrected chi connectivity index (χ2v) is 8.57. The van der Waals surface area contributed by atoms with E-state index in [0.717, 1.165) is 6.42 Å². The molecule has 3 atom stereocenters. The Bertz CT molecular complexity index is 1330. The van der Waals surface area contributed by atoms with Gasteiger partial charge in [0.2, 0.25) is 0 Å². The third-order valence-corrected chi connectivity index (χ3v) is 7.48. The third-order valence-electron chi connectivity index (χ3n) is 7.48. The van der Waals surface area contributed by atoms with Crippen LogP contribution in [-0.2, 0) is 11.8 Å². The van der Waals surface area contributed by atoms with E-state index in [2.05, 4.69) is 103 Å². The average molecular weight is 356 g/mol. The first-order chi connectivity index (χ1) is 13.8. The van der Waals surface area contributed by atoms with E-state index < -0.39 is 0 Å². The monoisotopic (exact) mass is 356 g/mol. The Labute approximate surface area is 165 Å². The number of allylic oxidation sites excluding steroid dienone is 16. The van der Waals surface area contributed by atoms with Crippen LogP contribution in [0.5, 0.6) is 0 Å². The van der Waals surface area contributed by atoms with Gasteiger partial charge in [0.05, 0.1) is 0 Å². The fourth-order valence-electron chi connectivity index (χ4n) is 6.44. The summed E-state index contributed by atoms with van der Waals surface area (Å²) in [6.07, 6.45) is 38.2. The maximum absolute atomic E-state index is 2.49. The van der Waals surface area contributed by atoms with E-state index in [9.17, 15) is 0 Å². The first-order valence-corrected chi connectivity index (χ1v) is 10.2. The zero-order valence-corrected chi connectivity index (χ0v) is 15.6. The summed E-state index contributed by atoms with van der Waals surface area (Å²) in [6.45, 7) is 0. The molecule has 0 amide bonds. The van der Waals surface area contributed by atoms with Crippen LogP contribution in [0.4, 0.5) is 0 Å². The molecule has 0 saturated carbocycles. The van der Waals surface area contributed by atoms with Crippen molar-refractivity contribution in [3.63, 3.8) is 0 Å². The van der Waals surface area contributed by atoms with Crippen LogP contribution in [0.1, 0.15) is 16.7 Å². The summed E-state index contributed by atoms with van der Waals surface area (Å²) in [7, 11) is 0. The Morgan fingerprint density at radius 2 is 1.57 bits per heavy atom. The number of benzene rings is 1. The van der Waals surface area contributed by atoms with Gasteiger partial charge in [-0.1, -0.05) is 103 Å². The lowest BCUT2D eigenvalue weighted by atomic mass is 9.44. The predicted molar refractivity (Wildman–Crippen MR) is 117 cm³/mol. The molecule has 3 unspecified atom stereocenters. The smallest absolute Gasteiger partial charge is 0.0465 e. The minimum Gasteiger partial charge on any atom is -0.0801 e. The Kier molecular flexibility index (Phi) is 2.57. The van der Waals surface area contributed by atoms with Crippen molar-refractivity contribution in [3.8, 4) is 0 Å². The van der Waals surface area contributed by atoms with E-state index in [-0.39, 0.29) is 10.8 Å². The third kappa shape index (κ3) is 1.49. The topological polar surface area (TPSA) is 0 Å². The molecule has 0 fully saturated rings. The lowest BCUT2D eigenvalue weighted by molar-refractivity contribution is 0.280. The molecule has 6 aliphatic carbocycles. The van der Waals surface area contributed by atoms with Crippen LogP contribution in [0.15, 0.2) is 96.7 Å². The predicted octanol–water partition coefficient (Wildman–Crippen LogP) is 4.36. The van der Waals surface area contributed by atoms with Crippen molar-refractivity contribution in [2.75, 3.05) is 0 Å². The maximum Gasteiger partial charge on any atom is 0.0465 e. The molecular formula is C28H20. The van der Waals surface area contributed by atoms with Crippen LogP contribution in [0.25, 0.3) is 17.7 Å². The summed E-state index contributed by atoms with van der Waals surface area (Å²) < 4.78 is 0. The van der Waals surface area contributed by atoms with Gasteiger partial charge in [-0.3, -0.25) is 0 Å². The maximum atomic E-state index is 2.49. The zero-order valence-electron chi connectivity index (χ0n) is 15.6. The van der Waals surface area contributed by atoms with E-state index >= 15 is 0 Å². The van der Waals surface area contributed by atoms with Gasteiger partial charge in [0.15, 0.2) is 0 Å². The molecule has 132 valence electrons. The van der Waals surface area contributed by atoms with Crippen LogP contribution in [0.3, 0.4) is 0 Å². The molecule has 0 aliphatic heterocycles. The van der Waals surface area contributed by atoms with Crippen LogP contribution in [0, 0.1) is 11.3 Å². The van der Waals surface area contributed by atoms with Crippen molar-refractivity contribution in [3.05, 3.63) is 124 Å². The molecule has 1 aromatic rings. The highest BCUT2D eigenvalue weighted by Gasteiger charge is 2.59. The van der Waals surface area contributed by atoms with Crippen molar-refractivity contribution >= 4 is 17.7 Å². The summed E-state index contributed by atoms with van der Waals surface area (Å²) in [5.41, 5.74) is 7.09. The summed E-state index contributed by atoms with van der Waals surface area (Å²) in [5, 5.41) is 2.82. The molecule has 1 aromatic carbocycles. The van der Waals surface area contributed by atoms with Crippen LogP contribution >= 0.6 is 0 Å². The normalized spacial score (nSPS) is 33.6. The Morgan fingerprint density at radius 1 is 0.750 bits per heavy atom. The van der Waals surface area contributed by atoms with Gasteiger partial charge in [-0.05, 0) is 44.7 Å². The van der Waals surface area contributed by atoms with E-state index in [1.54, 1.807) is 0 Å². The zero-order chi connectivity index (χ0) is 18.3. The van der Waals surface area contributed by atoms with Crippen molar-refractivity contribution < 1.29 is 0 Å². The van der Waals surface area contributed by atoms with Gasteiger partial charge in [-0.25, -0.2) is 0 Å². The van der Waals surface area contributed by atoms with Gasteiger partial charge in [0.1, 0.15) is 0 Å². The molecule has 7 rings (SSSR count). The van der Waals surface area contributed by atoms with E-state index in [1.807, 2.05) is 0 Å². The summed E-state index contributed by atoms with van der Waals surface area (Å²) in [4.78, 5) is 0. The molecule has 0 radical (unpaired) electrons. The van der Waals surface area contributed by atoms with Gasteiger partial charge < -0.3 is 0 Å². The standard InChI is InChI=1S/C28H20/c1-2-11-21-20(8-1)18-24-23-12-5-9-19-10-6-16-27(25(19)23)14-3-4-15-28(27)17-7-13-22(21)26(24)28/h1-7,9-18,25H,8H2. The molecule has 0 aromatic heterocycles. The Morgan fingerprint density at radius 3 is 2.57 bits per heavy atom. The molecule has 0 saturated heterocycles. The number of rotatable bonds is 0. The first kappa shape index (κ1) is 14.9. The van der Waals surface area contributed by atoms with E-state index in [4.69, 9.17) is 0 Å².